The third kappa shape index (κ3) is 4.31. The second-order valence-corrected chi connectivity index (χ2v) is 4.04. The predicted octanol–water partition coefficient (Wildman–Crippen LogP) is 0.950. The minimum absolute atomic E-state index is 0.0638. The lowest BCUT2D eigenvalue weighted by Crippen LogP contribution is -2.27. The number of hydrogen-bond donors (Lipinski definition) is 2. The van der Waals surface area contributed by atoms with Crippen LogP contribution in [0.5, 0.6) is 0 Å². The maximum absolute atomic E-state index is 11.7. The lowest BCUT2D eigenvalue weighted by molar-refractivity contribution is 0.0952. The van der Waals surface area contributed by atoms with E-state index in [-0.39, 0.29) is 5.91 Å². The molecule has 4 nitrogen and oxygen atoms in total. The molecule has 1 amide bonds. The minimum Gasteiger partial charge on any atom is -0.399 e. The molecule has 0 radical (unpaired) electrons. The summed E-state index contributed by atoms with van der Waals surface area (Å²) in [6.45, 7) is 1.66. The molecular weight excluding hydrogens is 202 g/mol. The van der Waals surface area contributed by atoms with E-state index in [1.807, 2.05) is 14.1 Å². The number of carbonyl (C=O) groups is 1. The van der Waals surface area contributed by atoms with E-state index in [0.29, 0.717) is 17.8 Å². The number of nitrogens with zero attached hydrogens (tertiary/aromatic N) is 1. The lowest BCUT2D eigenvalue weighted by atomic mass is 10.2. The van der Waals surface area contributed by atoms with Crippen LogP contribution in [-0.2, 0) is 0 Å². The molecule has 0 fully saturated rings. The summed E-state index contributed by atoms with van der Waals surface area (Å²) in [6.07, 6.45) is 0.945. The Bertz CT molecular complexity index is 350. The Morgan fingerprint density at radius 2 is 2.19 bits per heavy atom. The normalized spacial score (nSPS) is 10.4. The van der Waals surface area contributed by atoms with Gasteiger partial charge in [0.1, 0.15) is 0 Å². The molecule has 0 aliphatic heterocycles. The van der Waals surface area contributed by atoms with E-state index in [9.17, 15) is 4.79 Å². The Morgan fingerprint density at radius 1 is 1.44 bits per heavy atom. The SMILES string of the molecule is CN(C)CCCNC(=O)c1cccc(N)c1. The van der Waals surface area contributed by atoms with Gasteiger partial charge in [-0.3, -0.25) is 4.79 Å². The molecular formula is C12H19N3O. The van der Waals surface area contributed by atoms with Gasteiger partial charge in [0.15, 0.2) is 0 Å². The number of nitrogens with one attached hydrogen (secondary N) is 1. The van der Waals surface area contributed by atoms with E-state index in [0.717, 1.165) is 13.0 Å². The molecule has 0 bridgehead atoms. The van der Waals surface area contributed by atoms with Gasteiger partial charge < -0.3 is 16.0 Å². The first-order valence-electron chi connectivity index (χ1n) is 5.38. The zero-order chi connectivity index (χ0) is 12.0. The Balaban J connectivity index is 2.35. The van der Waals surface area contributed by atoms with Crippen molar-refractivity contribution in [1.29, 1.82) is 0 Å². The molecule has 1 aromatic rings. The fourth-order valence-electron chi connectivity index (χ4n) is 1.38. The van der Waals surface area contributed by atoms with Gasteiger partial charge in [0.2, 0.25) is 0 Å². The van der Waals surface area contributed by atoms with Crippen LogP contribution in [0.3, 0.4) is 0 Å². The van der Waals surface area contributed by atoms with Crippen LogP contribution in [0.4, 0.5) is 5.69 Å². The molecule has 0 aromatic heterocycles. The predicted molar refractivity (Wildman–Crippen MR) is 66.4 cm³/mol. The first-order chi connectivity index (χ1) is 7.59. The standard InChI is InChI=1S/C12H19N3O/c1-15(2)8-4-7-14-12(16)10-5-3-6-11(13)9-10/h3,5-6,9H,4,7-8,13H2,1-2H3,(H,14,16). The van der Waals surface area contributed by atoms with Crippen LogP contribution < -0.4 is 11.1 Å². The van der Waals surface area contributed by atoms with Crippen molar-refractivity contribution in [3.05, 3.63) is 29.8 Å². The molecule has 0 aliphatic carbocycles. The van der Waals surface area contributed by atoms with Crippen molar-refractivity contribution >= 4 is 11.6 Å². The number of nitrogens with two attached hydrogens (primary N) is 1. The van der Waals surface area contributed by atoms with E-state index in [2.05, 4.69) is 10.2 Å². The minimum atomic E-state index is -0.0638. The van der Waals surface area contributed by atoms with Gasteiger partial charge in [-0.25, -0.2) is 0 Å². The highest BCUT2D eigenvalue weighted by Crippen LogP contribution is 2.05. The second-order valence-electron chi connectivity index (χ2n) is 4.04. The molecule has 0 spiro atoms. The van der Waals surface area contributed by atoms with Gasteiger partial charge >= 0.3 is 0 Å². The summed E-state index contributed by atoms with van der Waals surface area (Å²) in [5.74, 6) is -0.0638. The molecule has 0 saturated heterocycles. The molecule has 1 aromatic carbocycles. The molecule has 1 rings (SSSR count). The van der Waals surface area contributed by atoms with Crippen molar-refractivity contribution in [2.24, 2.45) is 0 Å². The fraction of sp³-hybridized carbons (Fsp3) is 0.417. The number of hydrogen-bond acceptors (Lipinski definition) is 3. The van der Waals surface area contributed by atoms with E-state index < -0.39 is 0 Å². The Kier molecular flexibility index (Phi) is 4.79. The van der Waals surface area contributed by atoms with Crippen molar-refractivity contribution in [2.45, 2.75) is 6.42 Å². The van der Waals surface area contributed by atoms with Gasteiger partial charge in [0.25, 0.3) is 5.91 Å². The number of benzene rings is 1. The van der Waals surface area contributed by atoms with Gasteiger partial charge in [-0.2, -0.15) is 0 Å². The highest BCUT2D eigenvalue weighted by molar-refractivity contribution is 5.94. The van der Waals surface area contributed by atoms with Crippen LogP contribution >= 0.6 is 0 Å². The summed E-state index contributed by atoms with van der Waals surface area (Å²) in [6, 6.07) is 6.99. The molecule has 88 valence electrons. The first-order valence-corrected chi connectivity index (χ1v) is 5.38. The number of anilines is 1. The molecule has 3 N–H and O–H groups in total. The largest absolute Gasteiger partial charge is 0.399 e. The van der Waals surface area contributed by atoms with Crippen molar-refractivity contribution in [1.82, 2.24) is 10.2 Å². The third-order valence-corrected chi connectivity index (χ3v) is 2.22. The lowest BCUT2D eigenvalue weighted by Gasteiger charge is -2.10. The summed E-state index contributed by atoms with van der Waals surface area (Å²) < 4.78 is 0. The van der Waals surface area contributed by atoms with Crippen molar-refractivity contribution in [3.8, 4) is 0 Å². The van der Waals surface area contributed by atoms with Crippen LogP contribution in [0.15, 0.2) is 24.3 Å². The molecule has 16 heavy (non-hydrogen) atoms. The summed E-state index contributed by atoms with van der Waals surface area (Å²) in [5, 5.41) is 2.86. The number of amides is 1. The van der Waals surface area contributed by atoms with Gasteiger partial charge in [-0.05, 0) is 45.3 Å². The summed E-state index contributed by atoms with van der Waals surface area (Å²) in [4.78, 5) is 13.8. The average Bonchev–Trinajstić information content (AvgIpc) is 2.24. The van der Waals surface area contributed by atoms with Crippen LogP contribution in [0, 0.1) is 0 Å². The number of rotatable bonds is 5. The first kappa shape index (κ1) is 12.5. The summed E-state index contributed by atoms with van der Waals surface area (Å²) in [5.41, 5.74) is 6.83. The quantitative estimate of drug-likeness (QED) is 0.575. The van der Waals surface area contributed by atoms with Crippen molar-refractivity contribution < 1.29 is 4.79 Å². The van der Waals surface area contributed by atoms with E-state index in [4.69, 9.17) is 5.73 Å². The van der Waals surface area contributed by atoms with Crippen LogP contribution in [0.2, 0.25) is 0 Å². The fourth-order valence-corrected chi connectivity index (χ4v) is 1.38. The van der Waals surface area contributed by atoms with Crippen molar-refractivity contribution in [3.63, 3.8) is 0 Å². The molecule has 0 heterocycles. The Hall–Kier alpha value is -1.55. The van der Waals surface area contributed by atoms with Crippen molar-refractivity contribution in [2.75, 3.05) is 32.9 Å². The maximum atomic E-state index is 11.7. The summed E-state index contributed by atoms with van der Waals surface area (Å²) >= 11 is 0. The van der Waals surface area contributed by atoms with Gasteiger partial charge in [0.05, 0.1) is 0 Å². The van der Waals surface area contributed by atoms with E-state index >= 15 is 0 Å². The zero-order valence-electron chi connectivity index (χ0n) is 9.86. The zero-order valence-corrected chi connectivity index (χ0v) is 9.86. The monoisotopic (exact) mass is 221 g/mol. The number of carbonyl (C=O) groups excluding carboxylic acids is 1. The molecule has 0 unspecified atom stereocenters. The Morgan fingerprint density at radius 3 is 2.81 bits per heavy atom. The average molecular weight is 221 g/mol. The highest BCUT2D eigenvalue weighted by atomic mass is 16.1. The van der Waals surface area contributed by atoms with Gasteiger partial charge in [-0.1, -0.05) is 6.07 Å². The molecule has 4 heteroatoms. The topological polar surface area (TPSA) is 58.4 Å². The smallest absolute Gasteiger partial charge is 0.251 e. The van der Waals surface area contributed by atoms with Crippen LogP contribution in [0.25, 0.3) is 0 Å². The van der Waals surface area contributed by atoms with Crippen LogP contribution in [-0.4, -0.2) is 38.0 Å². The summed E-state index contributed by atoms with van der Waals surface area (Å²) in [7, 11) is 4.03. The Labute approximate surface area is 96.4 Å². The molecule has 0 atom stereocenters. The van der Waals surface area contributed by atoms with E-state index in [1.54, 1.807) is 24.3 Å². The molecule has 0 saturated carbocycles. The van der Waals surface area contributed by atoms with Gasteiger partial charge in [0, 0.05) is 17.8 Å². The highest BCUT2D eigenvalue weighted by Gasteiger charge is 2.04. The van der Waals surface area contributed by atoms with E-state index in [1.165, 1.54) is 0 Å². The second kappa shape index (κ2) is 6.12. The van der Waals surface area contributed by atoms with Crippen LogP contribution in [0.1, 0.15) is 16.8 Å². The van der Waals surface area contributed by atoms with Gasteiger partial charge in [-0.15, -0.1) is 0 Å². The molecule has 0 aliphatic rings. The third-order valence-electron chi connectivity index (χ3n) is 2.22. The number of nitrogen functional groups attached to an aromatic ring is 1. The maximum Gasteiger partial charge on any atom is 0.251 e.